The molecule has 0 fully saturated rings. The number of halogens is 1. The number of fused-ring (bicyclic) bond motifs is 1. The van der Waals surface area contributed by atoms with Crippen LogP contribution in [0, 0.1) is 0 Å². The van der Waals surface area contributed by atoms with Gasteiger partial charge in [0.05, 0.1) is 17.5 Å². The van der Waals surface area contributed by atoms with Gasteiger partial charge in [0.25, 0.3) is 0 Å². The molecular weight excluding hydrogens is 304 g/mol. The standard InChI is InChI=1S/C12H15ClN2O4S/c1-2-8(16)6-14-20(18,19)11-3-7-4-12(17)15-10(7)5-9(11)13/h3,5,8,14,16H,2,4,6H2,1H3,(H,15,17). The molecule has 0 saturated carbocycles. The molecule has 1 aliphatic heterocycles. The number of aliphatic hydroxyl groups excluding tert-OH is 1. The van der Waals surface area contributed by atoms with E-state index in [4.69, 9.17) is 11.6 Å². The first-order valence-electron chi connectivity index (χ1n) is 6.13. The van der Waals surface area contributed by atoms with Crippen molar-refractivity contribution >= 4 is 33.2 Å². The lowest BCUT2D eigenvalue weighted by Gasteiger charge is -2.12. The van der Waals surface area contributed by atoms with Crippen molar-refractivity contribution in [3.8, 4) is 0 Å². The highest BCUT2D eigenvalue weighted by Gasteiger charge is 2.25. The Labute approximate surface area is 122 Å². The van der Waals surface area contributed by atoms with Gasteiger partial charge in [-0.3, -0.25) is 4.79 Å². The lowest BCUT2D eigenvalue weighted by molar-refractivity contribution is -0.115. The van der Waals surface area contributed by atoms with Crippen molar-refractivity contribution in [3.63, 3.8) is 0 Å². The number of hydrogen-bond acceptors (Lipinski definition) is 4. The van der Waals surface area contributed by atoms with Crippen LogP contribution in [0.5, 0.6) is 0 Å². The zero-order valence-electron chi connectivity index (χ0n) is 10.8. The Balaban J connectivity index is 2.29. The fourth-order valence-electron chi connectivity index (χ4n) is 1.86. The molecule has 8 heteroatoms. The summed E-state index contributed by atoms with van der Waals surface area (Å²) in [6.45, 7) is 1.67. The molecule has 0 saturated heterocycles. The highest BCUT2D eigenvalue weighted by atomic mass is 35.5. The van der Waals surface area contributed by atoms with E-state index >= 15 is 0 Å². The van der Waals surface area contributed by atoms with Gasteiger partial charge in [0.15, 0.2) is 0 Å². The van der Waals surface area contributed by atoms with Crippen LogP contribution in [0.4, 0.5) is 5.69 Å². The normalized spacial score (nSPS) is 15.8. The molecule has 0 aromatic heterocycles. The number of amides is 1. The van der Waals surface area contributed by atoms with E-state index in [0.717, 1.165) is 0 Å². The molecule has 6 nitrogen and oxygen atoms in total. The number of hydrogen-bond donors (Lipinski definition) is 3. The number of anilines is 1. The van der Waals surface area contributed by atoms with Crippen molar-refractivity contribution in [1.82, 2.24) is 4.72 Å². The highest BCUT2D eigenvalue weighted by Crippen LogP contribution is 2.32. The third-order valence-corrected chi connectivity index (χ3v) is 4.94. The maximum atomic E-state index is 12.1. The van der Waals surface area contributed by atoms with Gasteiger partial charge in [0, 0.05) is 12.2 Å². The van der Waals surface area contributed by atoms with Gasteiger partial charge in [-0.05, 0) is 24.1 Å². The molecule has 1 aliphatic rings. The lowest BCUT2D eigenvalue weighted by Crippen LogP contribution is -2.32. The molecule has 0 aliphatic carbocycles. The van der Waals surface area contributed by atoms with Crippen LogP contribution < -0.4 is 10.0 Å². The first-order chi connectivity index (χ1) is 9.33. The summed E-state index contributed by atoms with van der Waals surface area (Å²) in [5, 5.41) is 12.0. The highest BCUT2D eigenvalue weighted by molar-refractivity contribution is 7.89. The van der Waals surface area contributed by atoms with Crippen LogP contribution in [0.1, 0.15) is 18.9 Å². The minimum absolute atomic E-state index is 0.0319. The quantitative estimate of drug-likeness (QED) is 0.751. The van der Waals surface area contributed by atoms with Gasteiger partial charge in [-0.25, -0.2) is 13.1 Å². The molecule has 0 bridgehead atoms. The van der Waals surface area contributed by atoms with Crippen molar-refractivity contribution in [3.05, 3.63) is 22.7 Å². The number of aliphatic hydroxyl groups is 1. The van der Waals surface area contributed by atoms with E-state index in [-0.39, 0.29) is 28.8 Å². The summed E-state index contributed by atoms with van der Waals surface area (Å²) in [4.78, 5) is 11.2. The summed E-state index contributed by atoms with van der Waals surface area (Å²) >= 11 is 5.96. The second-order valence-electron chi connectivity index (χ2n) is 4.58. The Hall–Kier alpha value is -1.15. The summed E-state index contributed by atoms with van der Waals surface area (Å²) in [6, 6.07) is 2.81. The summed E-state index contributed by atoms with van der Waals surface area (Å²) in [7, 11) is -3.82. The first-order valence-corrected chi connectivity index (χ1v) is 7.99. The lowest BCUT2D eigenvalue weighted by atomic mass is 10.2. The fraction of sp³-hybridized carbons (Fsp3) is 0.417. The van der Waals surface area contributed by atoms with Crippen LogP contribution in [0.2, 0.25) is 5.02 Å². The Bertz CT molecular complexity index is 645. The molecule has 0 spiro atoms. The maximum absolute atomic E-state index is 12.1. The van der Waals surface area contributed by atoms with E-state index in [9.17, 15) is 18.3 Å². The average molecular weight is 319 g/mol. The molecule has 1 atom stereocenters. The van der Waals surface area contributed by atoms with E-state index < -0.39 is 16.1 Å². The number of rotatable bonds is 5. The molecule has 20 heavy (non-hydrogen) atoms. The molecule has 1 aromatic rings. The number of nitrogens with one attached hydrogen (secondary N) is 2. The van der Waals surface area contributed by atoms with Crippen molar-refractivity contribution in [1.29, 1.82) is 0 Å². The van der Waals surface area contributed by atoms with Crippen molar-refractivity contribution < 1.29 is 18.3 Å². The number of carbonyl (C=O) groups is 1. The van der Waals surface area contributed by atoms with E-state index in [1.165, 1.54) is 12.1 Å². The van der Waals surface area contributed by atoms with E-state index in [0.29, 0.717) is 17.7 Å². The summed E-state index contributed by atoms with van der Waals surface area (Å²) < 4.78 is 26.6. The summed E-state index contributed by atoms with van der Waals surface area (Å²) in [5.74, 6) is -0.194. The molecule has 0 radical (unpaired) electrons. The number of carbonyl (C=O) groups excluding carboxylic acids is 1. The van der Waals surface area contributed by atoms with Gasteiger partial charge < -0.3 is 10.4 Å². The van der Waals surface area contributed by atoms with Crippen LogP contribution in [0.15, 0.2) is 17.0 Å². The second-order valence-corrected chi connectivity index (χ2v) is 6.72. The molecule has 3 N–H and O–H groups in total. The number of benzene rings is 1. The third-order valence-electron chi connectivity index (χ3n) is 3.05. The topological polar surface area (TPSA) is 95.5 Å². The van der Waals surface area contributed by atoms with E-state index in [1.54, 1.807) is 6.92 Å². The van der Waals surface area contributed by atoms with Gasteiger partial charge in [-0.2, -0.15) is 0 Å². The van der Waals surface area contributed by atoms with Crippen molar-refractivity contribution in [2.75, 3.05) is 11.9 Å². The number of sulfonamides is 1. The van der Waals surface area contributed by atoms with Crippen molar-refractivity contribution in [2.24, 2.45) is 0 Å². The van der Waals surface area contributed by atoms with Gasteiger partial charge in [0.2, 0.25) is 15.9 Å². The molecular formula is C12H15ClN2O4S. The summed E-state index contributed by atoms with van der Waals surface area (Å²) in [6.07, 6.45) is -0.174. The Morgan fingerprint density at radius 3 is 2.85 bits per heavy atom. The zero-order chi connectivity index (χ0) is 14.9. The van der Waals surface area contributed by atoms with Crippen LogP contribution >= 0.6 is 11.6 Å². The minimum atomic E-state index is -3.82. The van der Waals surface area contributed by atoms with Gasteiger partial charge in [-0.15, -0.1) is 0 Å². The Kier molecular flexibility index (Phi) is 4.33. The average Bonchev–Trinajstić information content (AvgIpc) is 2.74. The zero-order valence-corrected chi connectivity index (χ0v) is 12.4. The van der Waals surface area contributed by atoms with Gasteiger partial charge in [-0.1, -0.05) is 18.5 Å². The molecule has 1 aromatic carbocycles. The van der Waals surface area contributed by atoms with Gasteiger partial charge in [0.1, 0.15) is 4.90 Å². The predicted molar refractivity (Wildman–Crippen MR) is 75.3 cm³/mol. The summed E-state index contributed by atoms with van der Waals surface area (Å²) in [5.41, 5.74) is 1.13. The smallest absolute Gasteiger partial charge is 0.242 e. The first kappa shape index (κ1) is 15.2. The largest absolute Gasteiger partial charge is 0.392 e. The SMILES string of the molecule is CCC(O)CNS(=O)(=O)c1cc2c(cc1Cl)NC(=O)C2. The van der Waals surface area contributed by atoms with Crippen molar-refractivity contribution in [2.45, 2.75) is 30.8 Å². The van der Waals surface area contributed by atoms with Crippen LogP contribution in [-0.2, 0) is 21.2 Å². The van der Waals surface area contributed by atoms with E-state index in [1.807, 2.05) is 0 Å². The van der Waals surface area contributed by atoms with E-state index in [2.05, 4.69) is 10.0 Å². The van der Waals surface area contributed by atoms with Gasteiger partial charge >= 0.3 is 0 Å². The fourth-order valence-corrected chi connectivity index (χ4v) is 3.51. The van der Waals surface area contributed by atoms with Crippen LogP contribution in [0.25, 0.3) is 0 Å². The van der Waals surface area contributed by atoms with Crippen LogP contribution in [-0.4, -0.2) is 32.1 Å². The second kappa shape index (κ2) is 5.69. The molecule has 1 unspecified atom stereocenters. The van der Waals surface area contributed by atoms with Crippen LogP contribution in [0.3, 0.4) is 0 Å². The monoisotopic (exact) mass is 318 g/mol. The Morgan fingerprint density at radius 2 is 2.20 bits per heavy atom. The Morgan fingerprint density at radius 1 is 1.50 bits per heavy atom. The third kappa shape index (κ3) is 3.12. The minimum Gasteiger partial charge on any atom is -0.392 e. The predicted octanol–water partition coefficient (Wildman–Crippen LogP) is 0.884. The maximum Gasteiger partial charge on any atom is 0.242 e. The molecule has 1 amide bonds. The molecule has 2 rings (SSSR count). The molecule has 110 valence electrons. The molecule has 1 heterocycles.